The average molecular weight is 646 g/mol. The van der Waals surface area contributed by atoms with Gasteiger partial charge in [-0.15, -0.1) is 0 Å². The standard InChI is InChI=1S/C38H42F3N3O3/c1-4-18-44(27(3)30-15-9-6-10-16-30)37(47)32-20-26(2)19-31(23-32)36(46)43-34(22-28-12-7-5-8-13-28)35(45)25-42-24-29-14-11-17-33(21-29)38(39,40)41/h5-17,19-21,23,27,34-35,42,45H,4,18,22,24-25H2,1-3H3,(H,43,46)/t27-,34+,35-/m1/s1. The van der Waals surface area contributed by atoms with Gasteiger partial charge in [-0.25, -0.2) is 0 Å². The molecule has 6 nitrogen and oxygen atoms in total. The number of hydrogen-bond acceptors (Lipinski definition) is 4. The Hall–Kier alpha value is -4.47. The maximum absolute atomic E-state index is 13.8. The van der Waals surface area contributed by atoms with E-state index >= 15 is 0 Å². The monoisotopic (exact) mass is 645 g/mol. The van der Waals surface area contributed by atoms with Crippen molar-refractivity contribution in [3.05, 3.63) is 142 Å². The van der Waals surface area contributed by atoms with E-state index in [4.69, 9.17) is 0 Å². The number of nitrogens with zero attached hydrogens (tertiary/aromatic N) is 1. The Morgan fingerprint density at radius 1 is 0.851 bits per heavy atom. The SMILES string of the molecule is CCCN(C(=O)c1cc(C)cc(C(=O)N[C@@H](Cc2ccccc2)[C@H](O)CNCc2cccc(C(F)(F)F)c2)c1)[C@H](C)c1ccccc1. The molecular formula is C38H42F3N3O3. The summed E-state index contributed by atoms with van der Waals surface area (Å²) in [5.41, 5.74) is 3.02. The molecule has 3 N–H and O–H groups in total. The Balaban J connectivity index is 1.51. The molecule has 248 valence electrons. The van der Waals surface area contributed by atoms with Crippen LogP contribution in [0, 0.1) is 6.92 Å². The second-order valence-corrected chi connectivity index (χ2v) is 11.8. The summed E-state index contributed by atoms with van der Waals surface area (Å²) in [5, 5.41) is 17.2. The highest BCUT2D eigenvalue weighted by Crippen LogP contribution is 2.29. The predicted octanol–water partition coefficient (Wildman–Crippen LogP) is 7.12. The largest absolute Gasteiger partial charge is 0.416 e. The molecule has 0 aliphatic heterocycles. The fraction of sp³-hybridized carbons (Fsp3) is 0.316. The molecule has 4 aromatic carbocycles. The van der Waals surface area contributed by atoms with Gasteiger partial charge in [0.25, 0.3) is 11.8 Å². The zero-order valence-electron chi connectivity index (χ0n) is 26.9. The lowest BCUT2D eigenvalue weighted by molar-refractivity contribution is -0.137. The van der Waals surface area contributed by atoms with Crippen molar-refractivity contribution in [2.75, 3.05) is 13.1 Å². The Morgan fingerprint density at radius 3 is 2.15 bits per heavy atom. The van der Waals surface area contributed by atoms with Crippen LogP contribution in [-0.2, 0) is 19.1 Å². The number of carbonyl (C=O) groups is 2. The average Bonchev–Trinajstić information content (AvgIpc) is 3.06. The summed E-state index contributed by atoms with van der Waals surface area (Å²) >= 11 is 0. The molecule has 0 aromatic heterocycles. The first-order valence-corrected chi connectivity index (χ1v) is 15.8. The van der Waals surface area contributed by atoms with Crippen molar-refractivity contribution in [1.82, 2.24) is 15.5 Å². The molecule has 0 saturated heterocycles. The van der Waals surface area contributed by atoms with Gasteiger partial charge in [-0.3, -0.25) is 9.59 Å². The number of aliphatic hydroxyl groups excluding tert-OH is 1. The van der Waals surface area contributed by atoms with Crippen molar-refractivity contribution in [2.24, 2.45) is 0 Å². The number of benzene rings is 4. The zero-order chi connectivity index (χ0) is 34.0. The summed E-state index contributed by atoms with van der Waals surface area (Å²) in [6, 6.07) is 28.3. The van der Waals surface area contributed by atoms with E-state index in [9.17, 15) is 27.9 Å². The van der Waals surface area contributed by atoms with Crippen LogP contribution in [0.5, 0.6) is 0 Å². The van der Waals surface area contributed by atoms with Gasteiger partial charge in [0, 0.05) is 30.8 Å². The summed E-state index contributed by atoms with van der Waals surface area (Å²) in [5.74, 6) is -0.626. The predicted molar refractivity (Wildman–Crippen MR) is 178 cm³/mol. The fourth-order valence-corrected chi connectivity index (χ4v) is 5.59. The Bertz CT molecular complexity index is 1610. The highest BCUT2D eigenvalue weighted by Gasteiger charge is 2.30. The molecule has 47 heavy (non-hydrogen) atoms. The lowest BCUT2D eigenvalue weighted by atomic mass is 9.99. The van der Waals surface area contributed by atoms with Gasteiger partial charge < -0.3 is 20.6 Å². The quantitative estimate of drug-likeness (QED) is 0.137. The van der Waals surface area contributed by atoms with Gasteiger partial charge in [-0.1, -0.05) is 85.8 Å². The van der Waals surface area contributed by atoms with Crippen LogP contribution >= 0.6 is 0 Å². The van der Waals surface area contributed by atoms with E-state index in [1.165, 1.54) is 6.07 Å². The van der Waals surface area contributed by atoms with Gasteiger partial charge in [0.2, 0.25) is 0 Å². The number of rotatable bonds is 14. The number of alkyl halides is 3. The summed E-state index contributed by atoms with van der Waals surface area (Å²) in [4.78, 5) is 29.3. The fourth-order valence-electron chi connectivity index (χ4n) is 5.59. The van der Waals surface area contributed by atoms with Gasteiger partial charge in [-0.05, 0) is 73.2 Å². The van der Waals surface area contributed by atoms with Crippen LogP contribution in [-0.4, -0.2) is 47.1 Å². The third-order valence-electron chi connectivity index (χ3n) is 8.08. The lowest BCUT2D eigenvalue weighted by Gasteiger charge is -2.30. The van der Waals surface area contributed by atoms with Crippen LogP contribution < -0.4 is 10.6 Å². The number of nitrogens with one attached hydrogen (secondary N) is 2. The molecule has 0 unspecified atom stereocenters. The van der Waals surface area contributed by atoms with E-state index in [1.807, 2.05) is 86.3 Å². The molecule has 9 heteroatoms. The van der Waals surface area contributed by atoms with Gasteiger partial charge in [0.15, 0.2) is 0 Å². The minimum Gasteiger partial charge on any atom is -0.390 e. The first-order valence-electron chi connectivity index (χ1n) is 15.8. The third kappa shape index (κ3) is 10.0. The number of amides is 2. The van der Waals surface area contributed by atoms with Crippen molar-refractivity contribution in [3.63, 3.8) is 0 Å². The van der Waals surface area contributed by atoms with Crippen LogP contribution in [0.1, 0.15) is 74.8 Å². The lowest BCUT2D eigenvalue weighted by Crippen LogP contribution is -2.48. The van der Waals surface area contributed by atoms with Crippen molar-refractivity contribution in [3.8, 4) is 0 Å². The van der Waals surface area contributed by atoms with Crippen LogP contribution in [0.15, 0.2) is 103 Å². The van der Waals surface area contributed by atoms with Crippen molar-refractivity contribution in [1.29, 1.82) is 0 Å². The molecular weight excluding hydrogens is 603 g/mol. The molecule has 4 aromatic rings. The molecule has 4 rings (SSSR count). The van der Waals surface area contributed by atoms with Gasteiger partial charge >= 0.3 is 6.18 Å². The van der Waals surface area contributed by atoms with Crippen LogP contribution in [0.2, 0.25) is 0 Å². The number of halogens is 3. The first kappa shape index (κ1) is 35.4. The Morgan fingerprint density at radius 2 is 1.49 bits per heavy atom. The van der Waals surface area contributed by atoms with Crippen molar-refractivity contribution < 1.29 is 27.9 Å². The van der Waals surface area contributed by atoms with E-state index in [-0.39, 0.29) is 25.0 Å². The molecule has 0 bridgehead atoms. The first-order chi connectivity index (χ1) is 22.5. The molecule has 0 aliphatic rings. The minimum atomic E-state index is -4.45. The number of aliphatic hydroxyl groups is 1. The minimum absolute atomic E-state index is 0.0227. The molecule has 0 heterocycles. The van der Waals surface area contributed by atoms with E-state index < -0.39 is 29.8 Å². The van der Waals surface area contributed by atoms with Crippen LogP contribution in [0.3, 0.4) is 0 Å². The normalized spacial score (nSPS) is 13.4. The maximum Gasteiger partial charge on any atom is 0.416 e. The smallest absolute Gasteiger partial charge is 0.390 e. The molecule has 3 atom stereocenters. The molecule has 0 fully saturated rings. The second-order valence-electron chi connectivity index (χ2n) is 11.8. The van der Waals surface area contributed by atoms with E-state index in [2.05, 4.69) is 10.6 Å². The second kappa shape index (κ2) is 16.4. The van der Waals surface area contributed by atoms with E-state index in [0.29, 0.717) is 29.7 Å². The van der Waals surface area contributed by atoms with Crippen LogP contribution in [0.25, 0.3) is 0 Å². The zero-order valence-corrected chi connectivity index (χ0v) is 26.9. The topological polar surface area (TPSA) is 81.7 Å². The molecule has 0 radical (unpaired) electrons. The molecule has 0 saturated carbocycles. The summed E-state index contributed by atoms with van der Waals surface area (Å²) in [6.07, 6.45) is -4.43. The summed E-state index contributed by atoms with van der Waals surface area (Å²) in [6.45, 7) is 6.50. The third-order valence-corrected chi connectivity index (χ3v) is 8.08. The molecule has 2 amide bonds. The molecule has 0 spiro atoms. The highest BCUT2D eigenvalue weighted by atomic mass is 19.4. The van der Waals surface area contributed by atoms with E-state index in [1.54, 1.807) is 24.3 Å². The van der Waals surface area contributed by atoms with Crippen LogP contribution in [0.4, 0.5) is 13.2 Å². The Kier molecular flexibility index (Phi) is 12.3. The number of carbonyl (C=O) groups excluding carboxylic acids is 2. The van der Waals surface area contributed by atoms with Crippen molar-refractivity contribution >= 4 is 11.8 Å². The van der Waals surface area contributed by atoms with Gasteiger partial charge in [-0.2, -0.15) is 13.2 Å². The van der Waals surface area contributed by atoms with Gasteiger partial charge in [0.05, 0.1) is 23.8 Å². The Labute approximate surface area is 274 Å². The number of hydrogen-bond donors (Lipinski definition) is 3. The summed E-state index contributed by atoms with van der Waals surface area (Å²) in [7, 11) is 0. The molecule has 0 aliphatic carbocycles. The maximum atomic E-state index is 13.8. The van der Waals surface area contributed by atoms with Gasteiger partial charge in [0.1, 0.15) is 0 Å². The van der Waals surface area contributed by atoms with Crippen molar-refractivity contribution in [2.45, 2.75) is 64.5 Å². The highest BCUT2D eigenvalue weighted by molar-refractivity contribution is 6.00. The summed E-state index contributed by atoms with van der Waals surface area (Å²) < 4.78 is 39.4. The van der Waals surface area contributed by atoms with E-state index in [0.717, 1.165) is 35.2 Å². The number of aryl methyl sites for hydroxylation is 1.